The monoisotopic (exact) mass is 496 g/mol. The molecule has 2 aromatic rings. The molecule has 186 valence electrons. The largest absolute Gasteiger partial charge is 0.462 e. The third-order valence-electron chi connectivity index (χ3n) is 5.56. The maximum atomic E-state index is 12.7. The third kappa shape index (κ3) is 6.09. The highest BCUT2D eigenvalue weighted by Gasteiger charge is 2.26. The summed E-state index contributed by atoms with van der Waals surface area (Å²) in [5.41, 5.74) is 4.02. The van der Waals surface area contributed by atoms with Crippen molar-refractivity contribution in [3.8, 4) is 5.75 Å². The van der Waals surface area contributed by atoms with Crippen molar-refractivity contribution in [2.24, 2.45) is 5.41 Å². The third-order valence-corrected chi connectivity index (χ3v) is 6.67. The van der Waals surface area contributed by atoms with E-state index in [2.05, 4.69) is 6.92 Å². The Kier molecular flexibility index (Phi) is 7.70. The van der Waals surface area contributed by atoms with E-state index in [1.165, 1.54) is 6.26 Å². The molecule has 0 saturated carbocycles. The van der Waals surface area contributed by atoms with Crippen molar-refractivity contribution in [3.63, 3.8) is 0 Å². The SMILES string of the molecule is CCCC1=Cc2cc(S(C)(=O)=O)ccc2/C1=C/c1ccc(OC(=O)C(C)(C)C)c(C(=O)OCC)c1. The molecule has 0 atom stereocenters. The quantitative estimate of drug-likeness (QED) is 0.347. The molecule has 0 radical (unpaired) electrons. The highest BCUT2D eigenvalue weighted by Crippen LogP contribution is 2.40. The van der Waals surface area contributed by atoms with E-state index in [4.69, 9.17) is 9.47 Å². The zero-order chi connectivity index (χ0) is 26.0. The number of rotatable bonds is 7. The van der Waals surface area contributed by atoms with Gasteiger partial charge in [-0.05, 0) is 92.3 Å². The second kappa shape index (κ2) is 10.2. The van der Waals surface area contributed by atoms with Crippen molar-refractivity contribution in [2.75, 3.05) is 12.9 Å². The molecule has 0 N–H and O–H groups in total. The molecule has 0 aromatic heterocycles. The number of sulfone groups is 1. The number of benzene rings is 2. The average Bonchev–Trinajstić information content (AvgIpc) is 3.10. The summed E-state index contributed by atoms with van der Waals surface area (Å²) in [6.07, 6.45) is 6.92. The zero-order valence-electron chi connectivity index (χ0n) is 21.1. The molecule has 1 aliphatic carbocycles. The van der Waals surface area contributed by atoms with E-state index >= 15 is 0 Å². The van der Waals surface area contributed by atoms with Crippen LogP contribution in [-0.4, -0.2) is 33.2 Å². The first-order chi connectivity index (χ1) is 16.3. The van der Waals surface area contributed by atoms with Gasteiger partial charge in [0.2, 0.25) is 0 Å². The summed E-state index contributed by atoms with van der Waals surface area (Å²) in [6, 6.07) is 10.2. The summed E-state index contributed by atoms with van der Waals surface area (Å²) < 4.78 is 34.8. The lowest BCUT2D eigenvalue weighted by atomic mass is 9.96. The topological polar surface area (TPSA) is 86.7 Å². The van der Waals surface area contributed by atoms with Gasteiger partial charge in [0.05, 0.1) is 16.9 Å². The van der Waals surface area contributed by atoms with Crippen LogP contribution in [0, 0.1) is 5.41 Å². The molecule has 0 saturated heterocycles. The number of ether oxygens (including phenoxy) is 2. The van der Waals surface area contributed by atoms with Gasteiger partial charge in [0, 0.05) is 6.26 Å². The molecular weight excluding hydrogens is 464 g/mol. The van der Waals surface area contributed by atoms with E-state index in [1.807, 2.05) is 18.2 Å². The predicted molar refractivity (Wildman–Crippen MR) is 138 cm³/mol. The second-order valence-corrected chi connectivity index (χ2v) is 11.6. The van der Waals surface area contributed by atoms with E-state index in [9.17, 15) is 18.0 Å². The van der Waals surface area contributed by atoms with Crippen LogP contribution >= 0.6 is 0 Å². The summed E-state index contributed by atoms with van der Waals surface area (Å²) >= 11 is 0. The highest BCUT2D eigenvalue weighted by atomic mass is 32.2. The standard InChI is InChI=1S/C28H32O6S/c1-7-9-19-16-20-17-21(35(6,31)32)11-12-22(20)23(19)14-18-10-13-25(34-27(30)28(3,4)5)24(15-18)26(29)33-8-2/h10-17H,7-9H2,1-6H3/b23-14+. The van der Waals surface area contributed by atoms with Crippen molar-refractivity contribution in [1.29, 1.82) is 0 Å². The normalized spacial score (nSPS) is 14.5. The lowest BCUT2D eigenvalue weighted by Gasteiger charge is -2.18. The first-order valence-corrected chi connectivity index (χ1v) is 13.5. The zero-order valence-corrected chi connectivity index (χ0v) is 21.9. The number of carbonyl (C=O) groups is 2. The van der Waals surface area contributed by atoms with Gasteiger partial charge in [-0.2, -0.15) is 0 Å². The lowest BCUT2D eigenvalue weighted by Crippen LogP contribution is -2.26. The van der Waals surface area contributed by atoms with Crippen molar-refractivity contribution in [1.82, 2.24) is 0 Å². The second-order valence-electron chi connectivity index (χ2n) is 9.61. The molecule has 6 nitrogen and oxygen atoms in total. The number of fused-ring (bicyclic) bond motifs is 1. The summed E-state index contributed by atoms with van der Waals surface area (Å²) in [7, 11) is -3.32. The van der Waals surface area contributed by atoms with Gasteiger partial charge >= 0.3 is 11.9 Å². The van der Waals surface area contributed by atoms with Crippen LogP contribution in [0.1, 0.15) is 74.5 Å². The van der Waals surface area contributed by atoms with Crippen LogP contribution in [0.5, 0.6) is 5.75 Å². The maximum Gasteiger partial charge on any atom is 0.341 e. The van der Waals surface area contributed by atoms with Crippen LogP contribution in [-0.2, 0) is 19.4 Å². The molecule has 0 bridgehead atoms. The summed E-state index contributed by atoms with van der Waals surface area (Å²) in [5, 5.41) is 0. The minimum Gasteiger partial charge on any atom is -0.462 e. The molecule has 7 heteroatoms. The van der Waals surface area contributed by atoms with Gasteiger partial charge in [0.1, 0.15) is 11.3 Å². The van der Waals surface area contributed by atoms with Gasteiger partial charge in [0.15, 0.2) is 9.84 Å². The van der Waals surface area contributed by atoms with Gasteiger partial charge in [-0.15, -0.1) is 0 Å². The van der Waals surface area contributed by atoms with E-state index in [-0.39, 0.29) is 22.8 Å². The minimum absolute atomic E-state index is 0.152. The molecule has 35 heavy (non-hydrogen) atoms. The summed E-state index contributed by atoms with van der Waals surface area (Å²) in [6.45, 7) is 9.22. The number of hydrogen-bond acceptors (Lipinski definition) is 6. The number of esters is 2. The minimum atomic E-state index is -3.32. The van der Waals surface area contributed by atoms with E-state index in [0.29, 0.717) is 0 Å². The fourth-order valence-electron chi connectivity index (χ4n) is 3.74. The lowest BCUT2D eigenvalue weighted by molar-refractivity contribution is -0.143. The molecule has 1 aliphatic rings. The highest BCUT2D eigenvalue weighted by molar-refractivity contribution is 7.90. The van der Waals surface area contributed by atoms with Crippen LogP contribution < -0.4 is 4.74 Å². The smallest absolute Gasteiger partial charge is 0.341 e. The van der Waals surface area contributed by atoms with E-state index in [0.717, 1.165) is 40.7 Å². The Bertz CT molecular complexity index is 1320. The molecule has 0 unspecified atom stereocenters. The molecule has 0 aliphatic heterocycles. The first-order valence-electron chi connectivity index (χ1n) is 11.7. The van der Waals surface area contributed by atoms with E-state index in [1.54, 1.807) is 58.0 Å². The molecule has 0 heterocycles. The average molecular weight is 497 g/mol. The molecule has 3 rings (SSSR count). The van der Waals surface area contributed by atoms with Crippen molar-refractivity contribution >= 4 is 39.5 Å². The van der Waals surface area contributed by atoms with Crippen molar-refractivity contribution < 1.29 is 27.5 Å². The maximum absolute atomic E-state index is 12.7. The Morgan fingerprint density at radius 1 is 1.03 bits per heavy atom. The Balaban J connectivity index is 2.09. The van der Waals surface area contributed by atoms with Gasteiger partial charge < -0.3 is 9.47 Å². The molecule has 0 amide bonds. The van der Waals surface area contributed by atoms with Gasteiger partial charge in [-0.25, -0.2) is 13.2 Å². The van der Waals surface area contributed by atoms with Gasteiger partial charge in [-0.3, -0.25) is 4.79 Å². The Morgan fingerprint density at radius 2 is 1.74 bits per heavy atom. The van der Waals surface area contributed by atoms with Crippen LogP contribution in [0.4, 0.5) is 0 Å². The molecule has 2 aromatic carbocycles. The Labute approximate surface area is 207 Å². The van der Waals surface area contributed by atoms with Gasteiger partial charge in [-0.1, -0.05) is 31.6 Å². The van der Waals surface area contributed by atoms with E-state index < -0.39 is 27.2 Å². The molecule has 0 fully saturated rings. The number of hydrogen-bond donors (Lipinski definition) is 0. The molecule has 0 spiro atoms. The Hall–Kier alpha value is -3.19. The predicted octanol–water partition coefficient (Wildman–Crippen LogP) is 5.96. The fourth-order valence-corrected chi connectivity index (χ4v) is 4.39. The number of allylic oxidation sites excluding steroid dienone is 2. The first kappa shape index (κ1) is 26.4. The van der Waals surface area contributed by atoms with Crippen LogP contribution in [0.2, 0.25) is 0 Å². The van der Waals surface area contributed by atoms with Gasteiger partial charge in [0.25, 0.3) is 0 Å². The van der Waals surface area contributed by atoms with Crippen molar-refractivity contribution in [2.45, 2.75) is 52.4 Å². The number of carbonyl (C=O) groups excluding carboxylic acids is 2. The van der Waals surface area contributed by atoms with Crippen LogP contribution in [0.25, 0.3) is 17.7 Å². The van der Waals surface area contributed by atoms with Crippen molar-refractivity contribution in [3.05, 3.63) is 64.2 Å². The summed E-state index contributed by atoms with van der Waals surface area (Å²) in [4.78, 5) is 25.4. The Morgan fingerprint density at radius 3 is 2.34 bits per heavy atom. The van der Waals surface area contributed by atoms with Crippen LogP contribution in [0.3, 0.4) is 0 Å². The molecular formula is C28H32O6S. The van der Waals surface area contributed by atoms with Crippen LogP contribution in [0.15, 0.2) is 46.9 Å². The summed E-state index contributed by atoms with van der Waals surface area (Å²) in [5.74, 6) is -0.869. The fraction of sp³-hybridized carbons (Fsp3) is 0.357.